The van der Waals surface area contributed by atoms with E-state index in [0.29, 0.717) is 41.9 Å². The number of nitrogens with two attached hydrogens (primary N) is 1. The summed E-state index contributed by atoms with van der Waals surface area (Å²) in [6, 6.07) is 18.6. The first-order chi connectivity index (χ1) is 20.9. The third-order valence-electron chi connectivity index (χ3n) is 7.63. The molecule has 3 aromatic rings. The zero-order valence-corrected chi connectivity index (χ0v) is 23.8. The smallest absolute Gasteiger partial charge is 0.410 e. The molecule has 6 rings (SSSR count). The minimum absolute atomic E-state index is 0.160. The Morgan fingerprint density at radius 1 is 1.12 bits per heavy atom. The molecule has 1 saturated heterocycles. The average Bonchev–Trinajstić information content (AvgIpc) is 3.35. The summed E-state index contributed by atoms with van der Waals surface area (Å²) in [7, 11) is 1.53. The molecule has 1 unspecified atom stereocenters. The van der Waals surface area contributed by atoms with Gasteiger partial charge in [0.1, 0.15) is 12.4 Å². The predicted molar refractivity (Wildman–Crippen MR) is 158 cm³/mol. The van der Waals surface area contributed by atoms with Crippen LogP contribution in [0.1, 0.15) is 30.5 Å². The first-order valence-electron chi connectivity index (χ1n) is 13.9. The van der Waals surface area contributed by atoms with Crippen molar-refractivity contribution >= 4 is 17.9 Å². The highest BCUT2D eigenvalue weighted by atomic mass is 19.1. The highest BCUT2D eigenvalue weighted by Crippen LogP contribution is 2.39. The lowest BCUT2D eigenvalue weighted by Gasteiger charge is -2.33. The van der Waals surface area contributed by atoms with Crippen molar-refractivity contribution in [3.63, 3.8) is 0 Å². The summed E-state index contributed by atoms with van der Waals surface area (Å²) >= 11 is 0. The molecule has 0 saturated carbocycles. The zero-order valence-electron chi connectivity index (χ0n) is 23.8. The molecule has 3 atom stereocenters. The zero-order chi connectivity index (χ0) is 29.9. The lowest BCUT2D eigenvalue weighted by molar-refractivity contribution is 0.0455. The summed E-state index contributed by atoms with van der Waals surface area (Å²) in [5, 5.41) is 3.08. The summed E-state index contributed by atoms with van der Waals surface area (Å²) in [6.45, 7) is 2.68. The summed E-state index contributed by atoms with van der Waals surface area (Å²) in [5.41, 5.74) is 13.6. The highest BCUT2D eigenvalue weighted by molar-refractivity contribution is 6.02. The van der Waals surface area contributed by atoms with Crippen LogP contribution in [0.5, 0.6) is 5.88 Å². The number of halogens is 1. The Morgan fingerprint density at radius 2 is 1.95 bits per heavy atom. The molecule has 3 aliphatic rings. The van der Waals surface area contributed by atoms with E-state index in [-0.39, 0.29) is 31.4 Å². The fraction of sp³-hybridized carbons (Fsp3) is 0.290. The number of rotatable bonds is 8. The number of aliphatic imine (C=N–C) groups is 2. The molecule has 1 aromatic heterocycles. The van der Waals surface area contributed by atoms with Gasteiger partial charge in [-0.2, -0.15) is 0 Å². The first kappa shape index (κ1) is 28.2. The Hall–Kier alpha value is -4.97. The van der Waals surface area contributed by atoms with Crippen LogP contribution in [0.25, 0.3) is 11.3 Å². The number of guanidine groups is 1. The summed E-state index contributed by atoms with van der Waals surface area (Å²) < 4.78 is 25.1. The lowest BCUT2D eigenvalue weighted by atomic mass is 9.87. The minimum atomic E-state index is -0.420. The van der Waals surface area contributed by atoms with Gasteiger partial charge in [0.2, 0.25) is 5.88 Å². The van der Waals surface area contributed by atoms with E-state index >= 15 is 0 Å². The first-order valence-corrected chi connectivity index (χ1v) is 13.9. The fourth-order valence-corrected chi connectivity index (χ4v) is 5.57. The van der Waals surface area contributed by atoms with Crippen LogP contribution >= 0.6 is 0 Å². The maximum atomic E-state index is 14.5. The number of hydroxylamine groups is 1. The number of amidine groups is 1. The molecule has 4 heterocycles. The van der Waals surface area contributed by atoms with Gasteiger partial charge in [-0.1, -0.05) is 42.5 Å². The number of benzene rings is 2. The maximum Gasteiger partial charge on any atom is 0.410 e. The normalized spacial score (nSPS) is 21.4. The van der Waals surface area contributed by atoms with Crippen molar-refractivity contribution < 1.29 is 23.5 Å². The number of hydrogen-bond acceptors (Lipinski definition) is 10. The molecular weight excluding hydrogens is 553 g/mol. The Bertz CT molecular complexity index is 1610. The Morgan fingerprint density at radius 3 is 2.77 bits per heavy atom. The molecule has 0 radical (unpaired) electrons. The van der Waals surface area contributed by atoms with Gasteiger partial charge in [-0.15, -0.1) is 0 Å². The number of cyclic esters (lactones) is 1. The fourth-order valence-electron chi connectivity index (χ4n) is 5.57. The van der Waals surface area contributed by atoms with Gasteiger partial charge in [0.15, 0.2) is 11.8 Å². The van der Waals surface area contributed by atoms with Gasteiger partial charge in [0.25, 0.3) is 0 Å². The van der Waals surface area contributed by atoms with Crippen molar-refractivity contribution in [1.29, 1.82) is 0 Å². The number of pyridine rings is 1. The van der Waals surface area contributed by atoms with Crippen LogP contribution in [0.15, 0.2) is 88.0 Å². The Kier molecular flexibility index (Phi) is 7.93. The van der Waals surface area contributed by atoms with Crippen LogP contribution in [0.2, 0.25) is 0 Å². The van der Waals surface area contributed by atoms with Gasteiger partial charge in [-0.3, -0.25) is 14.7 Å². The van der Waals surface area contributed by atoms with Gasteiger partial charge < -0.3 is 20.5 Å². The second kappa shape index (κ2) is 12.1. The molecule has 4 N–H and O–H groups in total. The molecule has 222 valence electrons. The van der Waals surface area contributed by atoms with Crippen molar-refractivity contribution in [3.05, 3.63) is 94.9 Å². The van der Waals surface area contributed by atoms with Gasteiger partial charge >= 0.3 is 6.09 Å². The topological polar surface area (TPSA) is 136 Å². The number of hydrogen-bond donors (Lipinski definition) is 3. The second-order valence-electron chi connectivity index (χ2n) is 10.5. The summed E-state index contributed by atoms with van der Waals surface area (Å²) in [5.74, 6) is 0.803. The number of fused-ring (bicyclic) bond motifs is 1. The van der Waals surface area contributed by atoms with Crippen molar-refractivity contribution in [2.24, 2.45) is 15.7 Å². The van der Waals surface area contributed by atoms with Crippen LogP contribution < -0.4 is 21.3 Å². The number of allylic oxidation sites excluding steroid dienone is 1. The molecule has 0 spiro atoms. The van der Waals surface area contributed by atoms with Gasteiger partial charge in [0.05, 0.1) is 37.5 Å². The average molecular weight is 586 g/mol. The SMILES string of the molecule is COc1cccc(-c2cc(F)ccc2[C@H]2CC3N=C(N)NC(C)=C3C(NOC[C@@H]3COC(=O)N3Cc3ccccc3)=N2)n1. The molecule has 43 heavy (non-hydrogen) atoms. The van der Waals surface area contributed by atoms with Crippen LogP contribution in [0, 0.1) is 5.82 Å². The molecule has 12 heteroatoms. The number of carbonyl (C=O) groups is 1. The van der Waals surface area contributed by atoms with Crippen molar-refractivity contribution in [3.8, 4) is 17.1 Å². The molecular formula is C31H32FN7O4. The van der Waals surface area contributed by atoms with E-state index in [1.807, 2.05) is 37.3 Å². The van der Waals surface area contributed by atoms with Crippen molar-refractivity contribution in [2.75, 3.05) is 20.3 Å². The van der Waals surface area contributed by atoms with Gasteiger partial charge in [0, 0.05) is 35.9 Å². The number of methoxy groups -OCH3 is 1. The molecule has 11 nitrogen and oxygen atoms in total. The van der Waals surface area contributed by atoms with E-state index in [1.165, 1.54) is 19.2 Å². The van der Waals surface area contributed by atoms with E-state index in [2.05, 4.69) is 20.8 Å². The molecule has 0 aliphatic carbocycles. The highest BCUT2D eigenvalue weighted by Gasteiger charge is 2.36. The Balaban J connectivity index is 1.27. The number of aromatic nitrogens is 1. The van der Waals surface area contributed by atoms with E-state index in [0.717, 1.165) is 22.4 Å². The van der Waals surface area contributed by atoms with Crippen LogP contribution in [-0.2, 0) is 16.1 Å². The number of nitrogens with one attached hydrogen (secondary N) is 2. The monoisotopic (exact) mass is 585 g/mol. The van der Waals surface area contributed by atoms with E-state index in [9.17, 15) is 9.18 Å². The van der Waals surface area contributed by atoms with Gasteiger partial charge in [-0.05, 0) is 36.2 Å². The minimum Gasteiger partial charge on any atom is -0.481 e. The van der Waals surface area contributed by atoms with Crippen LogP contribution in [0.3, 0.4) is 0 Å². The summed E-state index contributed by atoms with van der Waals surface area (Å²) in [6.07, 6.45) is 0.112. The number of carbonyl (C=O) groups excluding carboxylic acids is 1. The second-order valence-corrected chi connectivity index (χ2v) is 10.5. The largest absolute Gasteiger partial charge is 0.481 e. The van der Waals surface area contributed by atoms with Crippen molar-refractivity contribution in [2.45, 2.75) is 38.0 Å². The predicted octanol–water partition coefficient (Wildman–Crippen LogP) is 3.84. The van der Waals surface area contributed by atoms with E-state index < -0.39 is 11.9 Å². The third kappa shape index (κ3) is 6.00. The Labute approximate surface area is 248 Å². The maximum absolute atomic E-state index is 14.5. The van der Waals surface area contributed by atoms with E-state index in [1.54, 1.807) is 29.2 Å². The number of amides is 1. The number of nitrogens with zero attached hydrogens (tertiary/aromatic N) is 4. The van der Waals surface area contributed by atoms with Crippen molar-refractivity contribution in [1.82, 2.24) is 20.7 Å². The molecule has 2 aromatic carbocycles. The molecule has 3 aliphatic heterocycles. The standard InChI is InChI=1S/C31H32FN7O4/c1-18-28-26(37-30(33)34-18)14-25(22-12-11-20(32)13-23(22)24-9-6-10-27(35-24)41-2)36-29(28)38-43-17-21-16-42-31(40)39(21)15-19-7-4-3-5-8-19/h3-13,21,25-26H,14-17H2,1-2H3,(H,36,38)(H3,33,34,37)/t21-,25+,26?/m0/s1. The summed E-state index contributed by atoms with van der Waals surface area (Å²) in [4.78, 5) is 34.3. The molecule has 1 amide bonds. The van der Waals surface area contributed by atoms with Gasteiger partial charge in [-0.25, -0.2) is 24.6 Å². The van der Waals surface area contributed by atoms with E-state index in [4.69, 9.17) is 25.0 Å². The quantitative estimate of drug-likeness (QED) is 0.340. The third-order valence-corrected chi connectivity index (χ3v) is 7.63. The molecule has 1 fully saturated rings. The number of ether oxygens (including phenoxy) is 2. The van der Waals surface area contributed by atoms with Crippen LogP contribution in [-0.4, -0.2) is 60.2 Å². The molecule has 0 bridgehead atoms. The van der Waals surface area contributed by atoms with Crippen LogP contribution in [0.4, 0.5) is 9.18 Å². The lowest BCUT2D eigenvalue weighted by Crippen LogP contribution is -2.45.